The predicted octanol–water partition coefficient (Wildman–Crippen LogP) is 13.3. The Morgan fingerprint density at radius 1 is 0.308 bits per heavy atom. The Bertz CT molecular complexity index is 3450. The summed E-state index contributed by atoms with van der Waals surface area (Å²) < 4.78 is 70.5. The summed E-state index contributed by atoms with van der Waals surface area (Å²) in [7, 11) is 0. The minimum Gasteiger partial charge on any atom is -0.379 e. The lowest BCUT2D eigenvalue weighted by molar-refractivity contribution is -0.139. The van der Waals surface area contributed by atoms with Crippen LogP contribution >= 0.6 is 0 Å². The van der Waals surface area contributed by atoms with E-state index in [0.29, 0.717) is 170 Å². The van der Waals surface area contributed by atoms with Crippen molar-refractivity contribution in [1.82, 2.24) is 41.7 Å². The molecule has 1 aliphatic heterocycles. The minimum atomic E-state index is -0.562. The van der Waals surface area contributed by atoms with Crippen LogP contribution in [0.4, 0.5) is 0 Å². The fraction of sp³-hybridized carbons (Fsp3) is 0.772. The minimum absolute atomic E-state index is 0.0306. The number of imide groups is 1. The zero-order valence-electron chi connectivity index (χ0n) is 84.6. The monoisotopic (exact) mass is 1840 g/mol. The van der Waals surface area contributed by atoms with Crippen molar-refractivity contribution in [2.24, 2.45) is 21.7 Å². The topological polar surface area (TPSA) is 343 Å². The van der Waals surface area contributed by atoms with Gasteiger partial charge in [0.05, 0.1) is 128 Å². The summed E-state index contributed by atoms with van der Waals surface area (Å²) in [6.45, 7) is 56.3. The molecule has 6 N–H and O–H groups in total. The Morgan fingerprint density at radius 2 is 0.585 bits per heavy atom. The number of ether oxygens (including phenoxy) is 12. The van der Waals surface area contributed by atoms with Crippen LogP contribution in [0.2, 0.25) is 0 Å². The van der Waals surface area contributed by atoms with Crippen molar-refractivity contribution >= 4 is 53.2 Å². The third kappa shape index (κ3) is 55.7. The fourth-order valence-corrected chi connectivity index (χ4v) is 15.3. The van der Waals surface area contributed by atoms with E-state index in [-0.39, 0.29) is 131 Å². The molecule has 0 spiro atoms. The van der Waals surface area contributed by atoms with E-state index < -0.39 is 67.2 Å². The van der Waals surface area contributed by atoms with Gasteiger partial charge in [0.25, 0.3) is 11.8 Å². The number of amides is 9. The smallest absolute Gasteiger partial charge is 0.253 e. The first-order chi connectivity index (χ1) is 60.5. The van der Waals surface area contributed by atoms with Gasteiger partial charge in [0.2, 0.25) is 41.4 Å². The van der Waals surface area contributed by atoms with Crippen molar-refractivity contribution < 1.29 is 100.0 Å². The van der Waals surface area contributed by atoms with E-state index in [1.54, 1.807) is 4.90 Å². The maximum atomic E-state index is 13.6. The second-order valence-corrected chi connectivity index (χ2v) is 42.6. The van der Waals surface area contributed by atoms with Gasteiger partial charge in [0, 0.05) is 136 Å². The molecule has 1 aliphatic rings. The van der Waals surface area contributed by atoms with Crippen LogP contribution in [0.15, 0.2) is 72.8 Å². The SMILES string of the molecule is CC(C)(Cc1ccccc1)CC(C)(C)C(=O)NC(C)(C)CCOC(C)(C)CCNC(=O)CCC(C)(C)OCCC(C)(C)NC(=O)CCOCCOCCOCCOCCN(CCOCCOCCOCCOCCC(=O)NC(C)(C)CCOC(C)(C)CCC(=O)NCCC(C)(C)OCCC(C)(C)NC(=O)C(C)(C)CC(C)(C)Cc1ccccc1)C(=O)CCN1C(=O)C=CC1=O. The zero-order chi connectivity index (χ0) is 97.4. The highest BCUT2D eigenvalue weighted by atomic mass is 16.6. The Kier molecular flexibility index (Phi) is 52.1. The molecule has 0 fully saturated rings. The molecule has 0 saturated carbocycles. The molecule has 744 valence electrons. The number of rotatable bonds is 75. The average molecular weight is 1840 g/mol. The van der Waals surface area contributed by atoms with Crippen molar-refractivity contribution in [3.8, 4) is 0 Å². The van der Waals surface area contributed by atoms with Crippen molar-refractivity contribution in [3.63, 3.8) is 0 Å². The van der Waals surface area contributed by atoms with Gasteiger partial charge in [0.15, 0.2) is 0 Å². The quantitative estimate of drug-likeness (QED) is 0.0265. The second kappa shape index (κ2) is 57.8. The zero-order valence-corrected chi connectivity index (χ0v) is 84.6. The van der Waals surface area contributed by atoms with Crippen LogP contribution in [0.1, 0.15) is 274 Å². The van der Waals surface area contributed by atoms with E-state index in [9.17, 15) is 43.2 Å². The normalized spacial score (nSPS) is 13.6. The van der Waals surface area contributed by atoms with Crippen molar-refractivity contribution in [2.45, 2.75) is 320 Å². The van der Waals surface area contributed by atoms with E-state index in [2.05, 4.69) is 108 Å². The average Bonchev–Trinajstić information content (AvgIpc) is 0.935. The molecule has 29 nitrogen and oxygen atoms in total. The van der Waals surface area contributed by atoms with Gasteiger partial charge in [-0.15, -0.1) is 0 Å². The van der Waals surface area contributed by atoms with Gasteiger partial charge in [0.1, 0.15) is 0 Å². The standard InChI is InChI=1S/C101H174N8O21/c1-90(2,75-79-31-27-25-28-32-79)77-92(5,6)88(117)106-96(13,14)48-59-129-100(21,22)44-50-102-81(110)37-42-98(17,18)127-57-46-94(9,10)104-83(112)40-55-119-63-67-123-71-73-125-69-65-121-61-53-108(85(114)39-52-109-86(115)35-36-87(109)116)54-62-122-66-70-126-74-72-124-68-64-120-56-41-84(113)105-95(11,12)47-58-128-99(19,20)43-38-82(111)103-51-45-101(23,24)130-60-49-97(15,16)107-89(118)93(7,8)78-91(3,4)76-80-33-29-26-30-34-80/h25-36H,37-78H2,1-24H3,(H,102,110)(H,103,111)(H,104,112)(H,105,113)(H,106,117)(H,107,118). The van der Waals surface area contributed by atoms with Crippen LogP contribution in [0.3, 0.4) is 0 Å². The summed E-state index contributed by atoms with van der Waals surface area (Å²) in [6.07, 6.45) is 11.2. The summed E-state index contributed by atoms with van der Waals surface area (Å²) in [5.74, 6) is -1.53. The maximum Gasteiger partial charge on any atom is 0.253 e. The number of nitrogens with zero attached hydrogens (tertiary/aromatic N) is 2. The van der Waals surface area contributed by atoms with Crippen LogP contribution in [-0.2, 0) is 113 Å². The highest BCUT2D eigenvalue weighted by molar-refractivity contribution is 6.13. The van der Waals surface area contributed by atoms with E-state index in [0.717, 1.165) is 30.6 Å². The van der Waals surface area contributed by atoms with Gasteiger partial charge in [-0.25, -0.2) is 0 Å². The lowest BCUT2D eigenvalue weighted by Gasteiger charge is -2.37. The summed E-state index contributed by atoms with van der Waals surface area (Å²) >= 11 is 0. The molecule has 130 heavy (non-hydrogen) atoms. The Labute approximate surface area is 781 Å². The molecule has 29 heteroatoms. The predicted molar refractivity (Wildman–Crippen MR) is 509 cm³/mol. The molecule has 0 atom stereocenters. The first-order valence-electron chi connectivity index (χ1n) is 47.4. The third-order valence-electron chi connectivity index (χ3n) is 22.9. The van der Waals surface area contributed by atoms with Gasteiger partial charge in [-0.3, -0.25) is 48.1 Å². The van der Waals surface area contributed by atoms with Gasteiger partial charge < -0.3 is 93.6 Å². The first kappa shape index (κ1) is 117. The molecular formula is C101H174N8O21. The molecule has 0 unspecified atom stereocenters. The van der Waals surface area contributed by atoms with Crippen molar-refractivity contribution in [3.05, 3.63) is 83.9 Å². The molecule has 0 aliphatic carbocycles. The number of carbonyl (C=O) groups is 9. The van der Waals surface area contributed by atoms with E-state index in [1.165, 1.54) is 23.3 Å². The van der Waals surface area contributed by atoms with E-state index in [4.69, 9.17) is 56.8 Å². The highest BCUT2D eigenvalue weighted by Gasteiger charge is 2.40. The Morgan fingerprint density at radius 3 is 0.892 bits per heavy atom. The van der Waals surface area contributed by atoms with Crippen LogP contribution < -0.4 is 31.9 Å². The number of hydrogen-bond acceptors (Lipinski definition) is 21. The lowest BCUT2D eigenvalue weighted by atomic mass is 9.71. The second-order valence-electron chi connectivity index (χ2n) is 42.6. The molecule has 0 bridgehead atoms. The largest absolute Gasteiger partial charge is 0.379 e. The van der Waals surface area contributed by atoms with Gasteiger partial charge >= 0.3 is 0 Å². The van der Waals surface area contributed by atoms with Crippen LogP contribution in [0.5, 0.6) is 0 Å². The van der Waals surface area contributed by atoms with Gasteiger partial charge in [-0.05, 0) is 210 Å². The molecule has 0 saturated heterocycles. The summed E-state index contributed by atoms with van der Waals surface area (Å²) in [6, 6.07) is 20.8. The summed E-state index contributed by atoms with van der Waals surface area (Å²) in [4.78, 5) is 119. The van der Waals surface area contributed by atoms with Crippen molar-refractivity contribution in [2.75, 3.05) is 165 Å². The molecule has 9 amide bonds. The van der Waals surface area contributed by atoms with Crippen LogP contribution in [0, 0.1) is 21.7 Å². The lowest BCUT2D eigenvalue weighted by Crippen LogP contribution is -2.50. The molecule has 1 heterocycles. The molecule has 0 aromatic heterocycles. The van der Waals surface area contributed by atoms with Crippen molar-refractivity contribution in [1.29, 1.82) is 0 Å². The highest BCUT2D eigenvalue weighted by Crippen LogP contribution is 2.39. The van der Waals surface area contributed by atoms with Crippen LogP contribution in [-0.4, -0.2) is 272 Å². The van der Waals surface area contributed by atoms with E-state index in [1.807, 2.05) is 151 Å². The van der Waals surface area contributed by atoms with Crippen LogP contribution in [0.25, 0.3) is 0 Å². The summed E-state index contributed by atoms with van der Waals surface area (Å²) in [5.41, 5.74) is -2.83. The number of hydrogen-bond donors (Lipinski definition) is 6. The number of carbonyl (C=O) groups excluding carboxylic acids is 9. The molecular weight excluding hydrogens is 1660 g/mol. The Balaban J connectivity index is 1.17. The number of benzene rings is 2. The summed E-state index contributed by atoms with van der Waals surface area (Å²) in [5, 5.41) is 18.8. The Hall–Kier alpha value is -6.87. The van der Waals surface area contributed by atoms with Gasteiger partial charge in [-0.2, -0.15) is 0 Å². The van der Waals surface area contributed by atoms with Gasteiger partial charge in [-0.1, -0.05) is 116 Å². The molecule has 2 aromatic rings. The first-order valence-corrected chi connectivity index (χ1v) is 47.4. The maximum absolute atomic E-state index is 13.6. The van der Waals surface area contributed by atoms with E-state index >= 15 is 0 Å². The number of nitrogens with one attached hydrogen (secondary N) is 6. The molecule has 2 aromatic carbocycles. The fourth-order valence-electron chi connectivity index (χ4n) is 15.3. The molecule has 0 radical (unpaired) electrons. The molecule has 3 rings (SSSR count). The third-order valence-corrected chi connectivity index (χ3v) is 22.9.